The maximum atomic E-state index is 9.69. The molecule has 2 aromatic rings. The zero-order valence-corrected chi connectivity index (χ0v) is 10.6. The number of aromatic hydroxyl groups is 1. The van der Waals surface area contributed by atoms with Gasteiger partial charge in [0.25, 0.3) is 0 Å². The first-order valence-electron chi connectivity index (χ1n) is 5.44. The predicted molar refractivity (Wildman–Crippen MR) is 68.4 cm³/mol. The zero-order chi connectivity index (χ0) is 12.3. The first-order valence-corrected chi connectivity index (χ1v) is 6.26. The molecule has 0 saturated carbocycles. The van der Waals surface area contributed by atoms with Crippen molar-refractivity contribution in [3.05, 3.63) is 42.4 Å². The van der Waals surface area contributed by atoms with Crippen LogP contribution in [0.3, 0.4) is 0 Å². The molecule has 17 heavy (non-hydrogen) atoms. The van der Waals surface area contributed by atoms with Gasteiger partial charge in [-0.25, -0.2) is 9.97 Å². The lowest BCUT2D eigenvalue weighted by Gasteiger charge is -2.06. The molecule has 2 rings (SSSR count). The van der Waals surface area contributed by atoms with Crippen LogP contribution in [0.15, 0.2) is 46.6 Å². The van der Waals surface area contributed by atoms with E-state index in [4.69, 9.17) is 0 Å². The smallest absolute Gasteiger partial charge is 0.129 e. The number of phenolic OH excluding ortho intramolecular Hbond substituents is 1. The van der Waals surface area contributed by atoms with Gasteiger partial charge in [0.05, 0.1) is 4.90 Å². The van der Waals surface area contributed by atoms with Crippen molar-refractivity contribution in [2.75, 3.05) is 0 Å². The summed E-state index contributed by atoms with van der Waals surface area (Å²) >= 11 is 1.44. The van der Waals surface area contributed by atoms with E-state index in [-0.39, 0.29) is 5.75 Å². The van der Waals surface area contributed by atoms with Gasteiger partial charge in [-0.05, 0) is 24.1 Å². The van der Waals surface area contributed by atoms with Gasteiger partial charge in [0.1, 0.15) is 17.1 Å². The van der Waals surface area contributed by atoms with E-state index in [1.165, 1.54) is 11.8 Å². The minimum absolute atomic E-state index is 0.280. The molecule has 0 radical (unpaired) electrons. The minimum Gasteiger partial charge on any atom is -0.507 e. The van der Waals surface area contributed by atoms with Crippen LogP contribution in [-0.2, 0) is 0 Å². The monoisotopic (exact) mass is 246 g/mol. The van der Waals surface area contributed by atoms with Crippen LogP contribution in [-0.4, -0.2) is 15.1 Å². The molecule has 0 saturated heterocycles. The second-order valence-electron chi connectivity index (χ2n) is 4.01. The van der Waals surface area contributed by atoms with Crippen LogP contribution in [0, 0.1) is 0 Å². The van der Waals surface area contributed by atoms with Crippen LogP contribution < -0.4 is 0 Å². The molecule has 1 heterocycles. The summed E-state index contributed by atoms with van der Waals surface area (Å²) in [6.45, 7) is 4.19. The predicted octanol–water partition coefficient (Wildman–Crippen LogP) is 3.46. The third-order valence-corrected chi connectivity index (χ3v) is 3.33. The number of aromatic nitrogens is 2. The van der Waals surface area contributed by atoms with Crippen LogP contribution >= 0.6 is 11.8 Å². The maximum Gasteiger partial charge on any atom is 0.129 e. The van der Waals surface area contributed by atoms with Gasteiger partial charge < -0.3 is 5.11 Å². The number of hydrogen-bond donors (Lipinski definition) is 1. The van der Waals surface area contributed by atoms with Crippen molar-refractivity contribution in [3.8, 4) is 5.75 Å². The highest BCUT2D eigenvalue weighted by atomic mass is 32.2. The van der Waals surface area contributed by atoms with E-state index in [1.807, 2.05) is 18.2 Å². The second kappa shape index (κ2) is 5.19. The standard InChI is InChI=1S/C13H14N2OS/c1-9(2)10-7-13(15-8-14-10)17-12-6-4-3-5-11(12)16/h3-9,16H,1-2H3. The van der Waals surface area contributed by atoms with E-state index in [9.17, 15) is 5.11 Å². The molecule has 0 unspecified atom stereocenters. The van der Waals surface area contributed by atoms with Gasteiger partial charge in [-0.2, -0.15) is 0 Å². The first-order chi connectivity index (χ1) is 8.16. The molecule has 0 amide bonds. The highest BCUT2D eigenvalue weighted by Gasteiger charge is 2.06. The van der Waals surface area contributed by atoms with Crippen LogP contribution in [0.4, 0.5) is 0 Å². The van der Waals surface area contributed by atoms with Crippen molar-refractivity contribution in [1.29, 1.82) is 0 Å². The number of para-hydroxylation sites is 1. The second-order valence-corrected chi connectivity index (χ2v) is 5.07. The fourth-order valence-electron chi connectivity index (χ4n) is 1.38. The van der Waals surface area contributed by atoms with Crippen molar-refractivity contribution in [2.24, 2.45) is 0 Å². The zero-order valence-electron chi connectivity index (χ0n) is 9.79. The molecule has 1 N–H and O–H groups in total. The Morgan fingerprint density at radius 3 is 2.65 bits per heavy atom. The molecule has 4 heteroatoms. The lowest BCUT2D eigenvalue weighted by molar-refractivity contribution is 0.462. The Bertz CT molecular complexity index is 514. The van der Waals surface area contributed by atoms with Gasteiger partial charge in [0, 0.05) is 5.69 Å². The Morgan fingerprint density at radius 2 is 1.94 bits per heavy atom. The summed E-state index contributed by atoms with van der Waals surface area (Å²) in [7, 11) is 0. The Kier molecular flexibility index (Phi) is 3.64. The molecule has 88 valence electrons. The Morgan fingerprint density at radius 1 is 1.18 bits per heavy atom. The molecular formula is C13H14N2OS. The maximum absolute atomic E-state index is 9.69. The largest absolute Gasteiger partial charge is 0.507 e. The summed E-state index contributed by atoms with van der Waals surface area (Å²) in [5.74, 6) is 0.656. The summed E-state index contributed by atoms with van der Waals surface area (Å²) in [6, 6.07) is 9.21. The summed E-state index contributed by atoms with van der Waals surface area (Å²) in [5.41, 5.74) is 1.01. The molecule has 0 aliphatic heterocycles. The minimum atomic E-state index is 0.280. The van der Waals surface area contributed by atoms with E-state index < -0.39 is 0 Å². The molecule has 0 aliphatic rings. The third kappa shape index (κ3) is 2.97. The van der Waals surface area contributed by atoms with E-state index in [1.54, 1.807) is 18.5 Å². The van der Waals surface area contributed by atoms with Crippen molar-refractivity contribution < 1.29 is 5.11 Å². The lowest BCUT2D eigenvalue weighted by atomic mass is 10.1. The fourth-order valence-corrected chi connectivity index (χ4v) is 2.21. The number of phenols is 1. The van der Waals surface area contributed by atoms with Gasteiger partial charge in [0.2, 0.25) is 0 Å². The van der Waals surface area contributed by atoms with E-state index in [0.717, 1.165) is 15.6 Å². The number of hydrogen-bond acceptors (Lipinski definition) is 4. The normalized spacial score (nSPS) is 10.8. The average molecular weight is 246 g/mol. The molecule has 0 bridgehead atoms. The van der Waals surface area contributed by atoms with Crippen LogP contribution in [0.1, 0.15) is 25.5 Å². The topological polar surface area (TPSA) is 46.0 Å². The molecule has 0 atom stereocenters. The molecule has 3 nitrogen and oxygen atoms in total. The molecule has 1 aromatic heterocycles. The molecule has 1 aromatic carbocycles. The lowest BCUT2D eigenvalue weighted by Crippen LogP contribution is -1.94. The Balaban J connectivity index is 2.25. The summed E-state index contributed by atoms with van der Waals surface area (Å²) in [5, 5.41) is 10.5. The molecule has 0 fully saturated rings. The van der Waals surface area contributed by atoms with Gasteiger partial charge in [-0.3, -0.25) is 0 Å². The van der Waals surface area contributed by atoms with E-state index in [2.05, 4.69) is 23.8 Å². The van der Waals surface area contributed by atoms with E-state index in [0.29, 0.717) is 5.92 Å². The third-order valence-electron chi connectivity index (χ3n) is 2.33. The van der Waals surface area contributed by atoms with Gasteiger partial charge in [0.15, 0.2) is 0 Å². The molecular weight excluding hydrogens is 232 g/mol. The average Bonchev–Trinajstić information content (AvgIpc) is 2.32. The summed E-state index contributed by atoms with van der Waals surface area (Å²) in [6.07, 6.45) is 1.57. The SMILES string of the molecule is CC(C)c1cc(Sc2ccccc2O)ncn1. The van der Waals surface area contributed by atoms with Gasteiger partial charge in [-0.1, -0.05) is 37.7 Å². The van der Waals surface area contributed by atoms with Crippen molar-refractivity contribution in [2.45, 2.75) is 29.7 Å². The highest BCUT2D eigenvalue weighted by Crippen LogP contribution is 2.33. The number of nitrogens with zero attached hydrogens (tertiary/aromatic N) is 2. The first kappa shape index (κ1) is 11.9. The molecule has 0 aliphatic carbocycles. The quantitative estimate of drug-likeness (QED) is 0.842. The van der Waals surface area contributed by atoms with E-state index >= 15 is 0 Å². The van der Waals surface area contributed by atoms with Crippen molar-refractivity contribution in [1.82, 2.24) is 9.97 Å². The number of benzene rings is 1. The number of rotatable bonds is 3. The van der Waals surface area contributed by atoms with Crippen LogP contribution in [0.5, 0.6) is 5.75 Å². The van der Waals surface area contributed by atoms with Gasteiger partial charge >= 0.3 is 0 Å². The summed E-state index contributed by atoms with van der Waals surface area (Å²) < 4.78 is 0. The van der Waals surface area contributed by atoms with Gasteiger partial charge in [-0.15, -0.1) is 0 Å². The van der Waals surface area contributed by atoms with Crippen molar-refractivity contribution >= 4 is 11.8 Å². The van der Waals surface area contributed by atoms with Crippen molar-refractivity contribution in [3.63, 3.8) is 0 Å². The fraction of sp³-hybridized carbons (Fsp3) is 0.231. The Labute approximate surface area is 105 Å². The van der Waals surface area contributed by atoms with Crippen LogP contribution in [0.25, 0.3) is 0 Å². The van der Waals surface area contributed by atoms with Crippen LogP contribution in [0.2, 0.25) is 0 Å². The molecule has 0 spiro atoms. The highest BCUT2D eigenvalue weighted by molar-refractivity contribution is 7.99. The Hall–Kier alpha value is -1.55. The summed E-state index contributed by atoms with van der Waals surface area (Å²) in [4.78, 5) is 9.22.